The molecule has 0 bridgehead atoms. The summed E-state index contributed by atoms with van der Waals surface area (Å²) in [5.74, 6) is -46.2. The minimum atomic E-state index is -6.49. The number of hydrogen-bond donors (Lipinski definition) is 1. The van der Waals surface area contributed by atoms with Crippen LogP contribution < -0.4 is 26.8 Å². The third-order valence-electron chi connectivity index (χ3n) is 9.41. The predicted molar refractivity (Wildman–Crippen MR) is 158 cm³/mol. The fourth-order valence-electron chi connectivity index (χ4n) is 7.09. The lowest BCUT2D eigenvalue weighted by Crippen LogP contribution is -3.15. The maximum atomic E-state index is 15.3. The minimum Gasteiger partial charge on any atom is -0.333 e. The Kier molecular flexibility index (Phi) is 12.3. The van der Waals surface area contributed by atoms with E-state index >= 15 is 35.1 Å². The van der Waals surface area contributed by atoms with E-state index in [0.29, 0.717) is 0 Å². The smallest absolute Gasteiger partial charge is 0.158 e. The van der Waals surface area contributed by atoms with Gasteiger partial charge in [-0.3, -0.25) is 0 Å². The van der Waals surface area contributed by atoms with E-state index in [1.165, 1.54) is 45.2 Å². The Balaban J connectivity index is 0.000000470. The summed E-state index contributed by atoms with van der Waals surface area (Å²) in [6.07, 6.45) is 0.918. The van der Waals surface area contributed by atoms with Gasteiger partial charge in [0.25, 0.3) is 0 Å². The highest BCUT2D eigenvalue weighted by atomic mass is 19.2. The molecule has 0 heterocycles. The monoisotopic (exact) mass is 763 g/mol. The SMILES string of the molecule is CC[NH+](CC)C1CCCCC1.Fc1cc(F)c(F)c([B-](c2c(F)c(F)cc(F)c2F)(c2c(F)c(F)cc(F)c2F)c2c(F)c(F)cc(F)c2F)c1F. The lowest BCUT2D eigenvalue weighted by molar-refractivity contribution is -0.923. The van der Waals surface area contributed by atoms with Crippen LogP contribution >= 0.6 is 0 Å². The van der Waals surface area contributed by atoms with Crippen LogP contribution in [0.2, 0.25) is 0 Å². The Morgan fingerprint density at radius 2 is 0.615 bits per heavy atom. The van der Waals surface area contributed by atoms with Crippen LogP contribution in [0.4, 0.5) is 70.2 Å². The Labute approximate surface area is 285 Å². The first kappa shape index (κ1) is 40.6. The molecule has 0 atom stereocenters. The number of hydrogen-bond acceptors (Lipinski definition) is 0. The van der Waals surface area contributed by atoms with E-state index in [1.54, 1.807) is 0 Å². The maximum absolute atomic E-state index is 15.3. The van der Waals surface area contributed by atoms with Gasteiger partial charge in [-0.05, 0) is 39.5 Å². The number of rotatable bonds is 7. The number of quaternary nitrogens is 1. The molecule has 0 aromatic heterocycles. The molecule has 0 radical (unpaired) electrons. The van der Waals surface area contributed by atoms with Crippen LogP contribution in [0.1, 0.15) is 46.0 Å². The molecule has 1 fully saturated rings. The van der Waals surface area contributed by atoms with Gasteiger partial charge < -0.3 is 4.90 Å². The van der Waals surface area contributed by atoms with Crippen molar-refractivity contribution in [3.8, 4) is 0 Å². The molecule has 4 aromatic rings. The van der Waals surface area contributed by atoms with Crippen molar-refractivity contribution < 1.29 is 75.1 Å². The summed E-state index contributed by atoms with van der Waals surface area (Å²) in [5.41, 5.74) is -12.0. The van der Waals surface area contributed by atoms with E-state index < -0.39 is 145 Å². The van der Waals surface area contributed by atoms with E-state index in [0.717, 1.165) is 6.04 Å². The standard InChI is InChI=1S/C24H4BF16.C10H21N/c26-5-1-6(27)18(35)13(17(5)34)25(14-19(36)7(28)2-8(29)20(14)37,15-21(38)9(30)3-10(31)22(15)39)16-23(40)11(32)4-12(33)24(16)41;1-3-11(4-2)10-8-6-5-7-9-10/h1-4H;10H,3-9H2,1-2H3/q-1;/p+1. The van der Waals surface area contributed by atoms with Crippen molar-refractivity contribution in [2.45, 2.75) is 52.0 Å². The van der Waals surface area contributed by atoms with Gasteiger partial charge in [-0.1, -0.05) is 6.42 Å². The third kappa shape index (κ3) is 6.85. The van der Waals surface area contributed by atoms with Gasteiger partial charge in [0, 0.05) is 24.3 Å². The molecule has 5 rings (SSSR count). The number of nitrogens with one attached hydrogen (secondary N) is 1. The van der Waals surface area contributed by atoms with E-state index in [-0.39, 0.29) is 0 Å². The molecule has 1 saturated carbocycles. The van der Waals surface area contributed by atoms with Gasteiger partial charge in [0.2, 0.25) is 0 Å². The molecule has 0 spiro atoms. The summed E-state index contributed by atoms with van der Waals surface area (Å²) in [7, 11) is 0. The van der Waals surface area contributed by atoms with Crippen LogP contribution in [0.3, 0.4) is 0 Å². The molecule has 1 aliphatic carbocycles. The summed E-state index contributed by atoms with van der Waals surface area (Å²) >= 11 is 0. The third-order valence-corrected chi connectivity index (χ3v) is 9.41. The highest BCUT2D eigenvalue weighted by Gasteiger charge is 2.50. The molecule has 0 amide bonds. The Bertz CT molecular complexity index is 1630. The van der Waals surface area contributed by atoms with Crippen molar-refractivity contribution in [3.05, 3.63) is 117 Å². The fraction of sp³-hybridized carbons (Fsp3) is 0.294. The van der Waals surface area contributed by atoms with Gasteiger partial charge in [0.15, 0.2) is 46.5 Å². The molecule has 1 N–H and O–H groups in total. The molecule has 282 valence electrons. The summed E-state index contributed by atoms with van der Waals surface area (Å²) in [5, 5.41) is 0. The van der Waals surface area contributed by atoms with Crippen molar-refractivity contribution in [1.82, 2.24) is 0 Å². The quantitative estimate of drug-likeness (QED) is 0.124. The zero-order valence-electron chi connectivity index (χ0n) is 27.0. The van der Waals surface area contributed by atoms with Crippen molar-refractivity contribution in [2.75, 3.05) is 13.1 Å². The minimum absolute atomic E-state index is 0.689. The summed E-state index contributed by atoms with van der Waals surface area (Å²) in [6, 6.07) is -1.76. The van der Waals surface area contributed by atoms with Gasteiger partial charge in [0.05, 0.1) is 19.1 Å². The summed E-state index contributed by atoms with van der Waals surface area (Å²) in [6.45, 7) is 7.27. The first-order valence-electron chi connectivity index (χ1n) is 15.7. The first-order chi connectivity index (χ1) is 24.4. The molecular formula is C34H26BF16N. The van der Waals surface area contributed by atoms with Gasteiger partial charge in [-0.15, -0.1) is 21.9 Å². The van der Waals surface area contributed by atoms with Crippen molar-refractivity contribution in [1.29, 1.82) is 0 Å². The zero-order chi connectivity index (χ0) is 39.0. The molecule has 1 nitrogen and oxygen atoms in total. The average molecular weight is 763 g/mol. The van der Waals surface area contributed by atoms with E-state index in [9.17, 15) is 35.1 Å². The summed E-state index contributed by atoms with van der Waals surface area (Å²) < 4.78 is 238. The maximum Gasteiger partial charge on any atom is 0.158 e. The lowest BCUT2D eigenvalue weighted by atomic mass is 9.12. The Morgan fingerprint density at radius 1 is 0.404 bits per heavy atom. The molecule has 52 heavy (non-hydrogen) atoms. The van der Waals surface area contributed by atoms with Crippen LogP contribution in [0.25, 0.3) is 0 Å². The van der Waals surface area contributed by atoms with Crippen molar-refractivity contribution in [2.24, 2.45) is 0 Å². The fourth-order valence-corrected chi connectivity index (χ4v) is 7.09. The van der Waals surface area contributed by atoms with Crippen LogP contribution in [0.5, 0.6) is 0 Å². The van der Waals surface area contributed by atoms with Crippen LogP contribution in [-0.2, 0) is 0 Å². The molecule has 18 heteroatoms. The zero-order valence-corrected chi connectivity index (χ0v) is 27.0. The van der Waals surface area contributed by atoms with Crippen LogP contribution in [0.15, 0.2) is 24.3 Å². The Hall–Kier alpha value is -4.22. The van der Waals surface area contributed by atoms with Gasteiger partial charge in [-0.25, -0.2) is 70.2 Å². The van der Waals surface area contributed by atoms with Gasteiger partial charge in [0.1, 0.15) is 52.7 Å². The van der Waals surface area contributed by atoms with Crippen molar-refractivity contribution in [3.63, 3.8) is 0 Å². The average Bonchev–Trinajstić information content (AvgIpc) is 3.10. The predicted octanol–water partition coefficient (Wildman–Crippen LogP) is 6.53. The second-order valence-corrected chi connectivity index (χ2v) is 12.1. The first-order valence-corrected chi connectivity index (χ1v) is 15.7. The number of benzene rings is 4. The normalized spacial score (nSPS) is 13.8. The van der Waals surface area contributed by atoms with Crippen LogP contribution in [0, 0.1) is 93.1 Å². The number of halogens is 16. The van der Waals surface area contributed by atoms with Gasteiger partial charge in [-0.2, -0.15) is 0 Å². The lowest BCUT2D eigenvalue weighted by Gasteiger charge is -2.44. The highest BCUT2D eigenvalue weighted by molar-refractivity contribution is 7.20. The molecular weight excluding hydrogens is 737 g/mol. The topological polar surface area (TPSA) is 4.44 Å². The van der Waals surface area contributed by atoms with Gasteiger partial charge >= 0.3 is 0 Å². The second-order valence-electron chi connectivity index (χ2n) is 12.1. The molecule has 1 aliphatic rings. The second kappa shape index (κ2) is 15.8. The summed E-state index contributed by atoms with van der Waals surface area (Å²) in [4.78, 5) is 1.82. The molecule has 0 saturated heterocycles. The Morgan fingerprint density at radius 3 is 0.808 bits per heavy atom. The molecule has 4 aromatic carbocycles. The van der Waals surface area contributed by atoms with E-state index in [4.69, 9.17) is 0 Å². The van der Waals surface area contributed by atoms with Crippen molar-refractivity contribution >= 4 is 28.0 Å². The largest absolute Gasteiger partial charge is 0.333 e. The van der Waals surface area contributed by atoms with Crippen LogP contribution in [-0.4, -0.2) is 25.3 Å². The van der Waals surface area contributed by atoms with E-state index in [2.05, 4.69) is 13.8 Å². The molecule has 0 aliphatic heterocycles. The highest BCUT2D eigenvalue weighted by Crippen LogP contribution is 2.27. The van der Waals surface area contributed by atoms with E-state index in [1.807, 2.05) is 4.90 Å². The molecule has 0 unspecified atom stereocenters.